The van der Waals surface area contributed by atoms with Gasteiger partial charge in [-0.1, -0.05) is 12.1 Å². The van der Waals surface area contributed by atoms with Crippen LogP contribution >= 0.6 is 0 Å². The second kappa shape index (κ2) is 12.1. The van der Waals surface area contributed by atoms with Crippen LogP contribution < -0.4 is 26.0 Å². The van der Waals surface area contributed by atoms with E-state index in [-0.39, 0.29) is 30.2 Å². The number of carbonyl (C=O) groups is 1. The molecule has 2 aromatic rings. The molecule has 0 unspecified atom stereocenters. The minimum Gasteiger partial charge on any atom is -0.435 e. The lowest BCUT2D eigenvalue weighted by molar-refractivity contribution is -0.120. The van der Waals surface area contributed by atoms with E-state index in [1.165, 1.54) is 24.5 Å². The maximum absolute atomic E-state index is 12.3. The van der Waals surface area contributed by atoms with Crippen molar-refractivity contribution >= 4 is 23.9 Å². The number of aromatic nitrogens is 2. The first kappa shape index (κ1) is 23.5. The molecule has 1 aromatic carbocycles. The number of hydrogen-bond acceptors (Lipinski definition) is 8. The summed E-state index contributed by atoms with van der Waals surface area (Å²) in [4.78, 5) is 20.0. The van der Waals surface area contributed by atoms with Crippen molar-refractivity contribution in [3.05, 3.63) is 54.0 Å². The van der Waals surface area contributed by atoms with Crippen molar-refractivity contribution < 1.29 is 18.3 Å². The fourth-order valence-electron chi connectivity index (χ4n) is 2.41. The predicted octanol–water partition coefficient (Wildman–Crippen LogP) is 2.71. The molecule has 0 bridgehead atoms. The number of nitrogens with zero attached hydrogens (tertiary/aromatic N) is 2. The van der Waals surface area contributed by atoms with Gasteiger partial charge in [-0.05, 0) is 37.6 Å². The number of amides is 1. The Morgan fingerprint density at radius 3 is 2.81 bits per heavy atom. The molecule has 0 radical (unpaired) electrons. The summed E-state index contributed by atoms with van der Waals surface area (Å²) in [5.41, 5.74) is 1.08. The molecule has 2 rings (SSSR count). The summed E-state index contributed by atoms with van der Waals surface area (Å²) in [5, 5.41) is 19.0. The van der Waals surface area contributed by atoms with Crippen LogP contribution in [0.15, 0.2) is 48.4 Å². The first-order chi connectivity index (χ1) is 14.9. The molecule has 0 fully saturated rings. The predicted molar refractivity (Wildman–Crippen MR) is 114 cm³/mol. The molecule has 1 heterocycles. The zero-order chi connectivity index (χ0) is 22.6. The topological polar surface area (TPSA) is 124 Å². The van der Waals surface area contributed by atoms with Crippen molar-refractivity contribution in [3.63, 3.8) is 0 Å². The summed E-state index contributed by atoms with van der Waals surface area (Å²) in [5.74, 6) is 0.643. The minimum absolute atomic E-state index is 0.0431. The van der Waals surface area contributed by atoms with Gasteiger partial charge in [-0.25, -0.2) is 4.98 Å². The monoisotopic (exact) mass is 433 g/mol. The lowest BCUT2D eigenvalue weighted by Gasteiger charge is -2.11. The van der Waals surface area contributed by atoms with Crippen LogP contribution in [0.3, 0.4) is 0 Å². The SMILES string of the molecule is CC(C)NC(=O)CN/C=C(\C=N)Nc1nccc(NCc2cccc(OC(F)F)c2)n1. The van der Waals surface area contributed by atoms with E-state index in [9.17, 15) is 13.6 Å². The lowest BCUT2D eigenvalue weighted by Crippen LogP contribution is -2.36. The van der Waals surface area contributed by atoms with E-state index in [4.69, 9.17) is 5.41 Å². The zero-order valence-corrected chi connectivity index (χ0v) is 17.2. The van der Waals surface area contributed by atoms with Gasteiger partial charge < -0.3 is 31.4 Å². The van der Waals surface area contributed by atoms with Crippen molar-refractivity contribution in [1.82, 2.24) is 20.6 Å². The molecule has 0 aliphatic heterocycles. The number of alkyl halides is 2. The normalized spacial score (nSPS) is 11.2. The van der Waals surface area contributed by atoms with Crippen molar-refractivity contribution in [1.29, 1.82) is 5.41 Å². The summed E-state index contributed by atoms with van der Waals surface area (Å²) in [6.45, 7) is 1.24. The summed E-state index contributed by atoms with van der Waals surface area (Å²) in [7, 11) is 0. The largest absolute Gasteiger partial charge is 0.435 e. The molecular weight excluding hydrogens is 408 g/mol. The molecule has 1 amide bonds. The number of anilines is 2. The molecule has 0 spiro atoms. The van der Waals surface area contributed by atoms with Crippen molar-refractivity contribution in [2.45, 2.75) is 33.0 Å². The maximum Gasteiger partial charge on any atom is 0.387 e. The van der Waals surface area contributed by atoms with Gasteiger partial charge in [0.25, 0.3) is 0 Å². The number of rotatable bonds is 12. The molecule has 0 saturated carbocycles. The van der Waals surface area contributed by atoms with E-state index in [1.54, 1.807) is 18.2 Å². The van der Waals surface area contributed by atoms with Crippen LogP contribution in [-0.4, -0.2) is 41.3 Å². The van der Waals surface area contributed by atoms with Crippen LogP contribution in [0.5, 0.6) is 5.75 Å². The Bertz CT molecular complexity index is 907. The Labute approximate surface area is 178 Å². The van der Waals surface area contributed by atoms with Gasteiger partial charge in [0.1, 0.15) is 11.6 Å². The third-order valence-corrected chi connectivity index (χ3v) is 3.63. The molecule has 166 valence electrons. The number of allylic oxidation sites excluding steroid dienone is 1. The highest BCUT2D eigenvalue weighted by atomic mass is 19.3. The summed E-state index contributed by atoms with van der Waals surface area (Å²) >= 11 is 0. The van der Waals surface area contributed by atoms with E-state index < -0.39 is 6.61 Å². The number of nitrogens with one attached hydrogen (secondary N) is 5. The Kier molecular flexibility index (Phi) is 9.14. The third-order valence-electron chi connectivity index (χ3n) is 3.63. The highest BCUT2D eigenvalue weighted by molar-refractivity contribution is 5.81. The van der Waals surface area contributed by atoms with Crippen LogP contribution in [0.1, 0.15) is 19.4 Å². The number of halogens is 2. The number of benzene rings is 1. The van der Waals surface area contributed by atoms with Crippen LogP contribution in [0.4, 0.5) is 20.5 Å². The van der Waals surface area contributed by atoms with Gasteiger partial charge in [-0.15, -0.1) is 0 Å². The first-order valence-electron chi connectivity index (χ1n) is 9.47. The highest BCUT2D eigenvalue weighted by Crippen LogP contribution is 2.17. The Balaban J connectivity index is 1.92. The second-order valence-corrected chi connectivity index (χ2v) is 6.62. The standard InChI is InChI=1S/C20H25F2N7O2/c1-13(2)27-18(30)12-24-11-15(9-23)28-20-25-7-6-17(29-20)26-10-14-4-3-5-16(8-14)31-19(21)22/h3-9,11,13,19,23-24H,10,12H2,1-2H3,(H,27,30)(H2,25,26,28,29)/b15-11+,23-9?. The molecule has 0 saturated heterocycles. The summed E-state index contributed by atoms with van der Waals surface area (Å²) in [6.07, 6.45) is 4.06. The van der Waals surface area contributed by atoms with Gasteiger partial charge in [0.2, 0.25) is 11.9 Å². The molecular formula is C20H25F2N7O2. The molecule has 31 heavy (non-hydrogen) atoms. The molecule has 5 N–H and O–H groups in total. The number of hydrogen-bond donors (Lipinski definition) is 5. The third kappa shape index (κ3) is 9.07. The Morgan fingerprint density at radius 2 is 2.10 bits per heavy atom. The summed E-state index contributed by atoms with van der Waals surface area (Å²) in [6, 6.07) is 8.04. The van der Waals surface area contributed by atoms with Crippen molar-refractivity contribution in [2.75, 3.05) is 17.2 Å². The van der Waals surface area contributed by atoms with Gasteiger partial charge in [-0.3, -0.25) is 4.79 Å². The van der Waals surface area contributed by atoms with Gasteiger partial charge >= 0.3 is 6.61 Å². The van der Waals surface area contributed by atoms with Gasteiger partial charge in [-0.2, -0.15) is 13.8 Å². The number of ether oxygens (including phenoxy) is 1. The molecule has 11 heteroatoms. The summed E-state index contributed by atoms with van der Waals surface area (Å²) < 4.78 is 29.1. The smallest absolute Gasteiger partial charge is 0.387 e. The van der Waals surface area contributed by atoms with Crippen molar-refractivity contribution in [2.24, 2.45) is 0 Å². The average Bonchev–Trinajstić information content (AvgIpc) is 2.71. The second-order valence-electron chi connectivity index (χ2n) is 6.62. The fraction of sp³-hybridized carbons (Fsp3) is 0.300. The van der Waals surface area contributed by atoms with Gasteiger partial charge in [0.05, 0.1) is 12.2 Å². The van der Waals surface area contributed by atoms with Gasteiger partial charge in [0, 0.05) is 31.2 Å². The van der Waals surface area contributed by atoms with E-state index in [0.29, 0.717) is 18.1 Å². The molecule has 0 aliphatic rings. The molecule has 0 atom stereocenters. The first-order valence-corrected chi connectivity index (χ1v) is 9.47. The van der Waals surface area contributed by atoms with Crippen LogP contribution in [0, 0.1) is 5.41 Å². The van der Waals surface area contributed by atoms with E-state index in [2.05, 4.69) is 36.0 Å². The molecule has 9 nitrogen and oxygen atoms in total. The van der Waals surface area contributed by atoms with Crippen LogP contribution in [0.25, 0.3) is 0 Å². The average molecular weight is 433 g/mol. The Morgan fingerprint density at radius 1 is 1.29 bits per heavy atom. The highest BCUT2D eigenvalue weighted by Gasteiger charge is 2.06. The van der Waals surface area contributed by atoms with Crippen molar-refractivity contribution in [3.8, 4) is 5.75 Å². The molecule has 0 aliphatic carbocycles. The quantitative estimate of drug-likeness (QED) is 0.326. The zero-order valence-electron chi connectivity index (χ0n) is 17.2. The lowest BCUT2D eigenvalue weighted by atomic mass is 10.2. The molecule has 1 aromatic heterocycles. The van der Waals surface area contributed by atoms with E-state index >= 15 is 0 Å². The van der Waals surface area contributed by atoms with Gasteiger partial charge in [0.15, 0.2) is 0 Å². The van der Waals surface area contributed by atoms with Crippen LogP contribution in [-0.2, 0) is 11.3 Å². The Hall–Kier alpha value is -3.76. The van der Waals surface area contributed by atoms with Crippen LogP contribution in [0.2, 0.25) is 0 Å². The van der Waals surface area contributed by atoms with E-state index in [0.717, 1.165) is 11.8 Å². The number of carbonyl (C=O) groups excluding carboxylic acids is 1. The minimum atomic E-state index is -2.88. The van der Waals surface area contributed by atoms with E-state index in [1.807, 2.05) is 13.8 Å². The maximum atomic E-state index is 12.3. The fourth-order valence-corrected chi connectivity index (χ4v) is 2.41.